The highest BCUT2D eigenvalue weighted by Crippen LogP contribution is 2.20. The van der Waals surface area contributed by atoms with E-state index in [1.165, 1.54) is 5.56 Å². The fourth-order valence-electron chi connectivity index (χ4n) is 2.53. The summed E-state index contributed by atoms with van der Waals surface area (Å²) in [7, 11) is 0. The number of pyridine rings is 1. The largest absolute Gasteiger partial charge is 0.325 e. The number of carbonyl (C=O) groups excluding carboxylic acids is 1. The molecule has 3 aromatic rings. The van der Waals surface area contributed by atoms with Crippen LogP contribution in [0.2, 0.25) is 0 Å². The van der Waals surface area contributed by atoms with Gasteiger partial charge in [-0.25, -0.2) is 0 Å². The average Bonchev–Trinajstić information content (AvgIpc) is 2.55. The molecule has 110 valence electrons. The fraction of sp³-hybridized carbons (Fsp3) is 0.158. The number of hydrogen-bond donors (Lipinski definition) is 1. The van der Waals surface area contributed by atoms with Crippen molar-refractivity contribution in [3.63, 3.8) is 0 Å². The predicted octanol–water partition coefficient (Wildman–Crippen LogP) is 4.37. The summed E-state index contributed by atoms with van der Waals surface area (Å²) in [6.07, 6.45) is 2.16. The van der Waals surface area contributed by atoms with Gasteiger partial charge in [0, 0.05) is 11.8 Å². The van der Waals surface area contributed by atoms with Crippen molar-refractivity contribution in [1.29, 1.82) is 0 Å². The van der Waals surface area contributed by atoms with Gasteiger partial charge in [-0.3, -0.25) is 9.78 Å². The number of nitrogens with one attached hydrogen (secondary N) is 1. The van der Waals surface area contributed by atoms with E-state index in [-0.39, 0.29) is 11.8 Å². The second-order valence-electron chi connectivity index (χ2n) is 5.48. The Balaban J connectivity index is 1.68. The first-order valence-corrected chi connectivity index (χ1v) is 7.42. The number of fused-ring (bicyclic) bond motifs is 1. The van der Waals surface area contributed by atoms with Gasteiger partial charge in [0.2, 0.25) is 5.91 Å². The van der Waals surface area contributed by atoms with Crippen molar-refractivity contribution in [2.75, 3.05) is 5.32 Å². The lowest BCUT2D eigenvalue weighted by Crippen LogP contribution is -2.14. The minimum atomic E-state index is 0.00781. The zero-order valence-electron chi connectivity index (χ0n) is 12.5. The van der Waals surface area contributed by atoms with Gasteiger partial charge in [0.1, 0.15) is 0 Å². The molecule has 3 rings (SSSR count). The zero-order chi connectivity index (χ0) is 15.4. The van der Waals surface area contributed by atoms with Crippen molar-refractivity contribution in [3.05, 3.63) is 72.4 Å². The van der Waals surface area contributed by atoms with E-state index < -0.39 is 0 Å². The lowest BCUT2D eigenvalue weighted by molar-refractivity contribution is -0.116. The van der Waals surface area contributed by atoms with E-state index in [0.717, 1.165) is 16.6 Å². The lowest BCUT2D eigenvalue weighted by atomic mass is 9.97. The molecule has 0 spiro atoms. The van der Waals surface area contributed by atoms with E-state index in [1.807, 2.05) is 48.5 Å². The predicted molar refractivity (Wildman–Crippen MR) is 89.8 cm³/mol. The van der Waals surface area contributed by atoms with E-state index in [1.54, 1.807) is 6.20 Å². The molecule has 1 aromatic heterocycles. The average molecular weight is 290 g/mol. The van der Waals surface area contributed by atoms with Crippen LogP contribution in [-0.2, 0) is 4.79 Å². The van der Waals surface area contributed by atoms with Crippen molar-refractivity contribution in [2.45, 2.75) is 19.3 Å². The highest BCUT2D eigenvalue weighted by molar-refractivity contribution is 5.93. The van der Waals surface area contributed by atoms with Crippen molar-refractivity contribution in [1.82, 2.24) is 4.98 Å². The summed E-state index contributed by atoms with van der Waals surface area (Å²) in [6, 6.07) is 19.9. The van der Waals surface area contributed by atoms with E-state index in [0.29, 0.717) is 6.42 Å². The molecule has 1 atom stereocenters. The Morgan fingerprint density at radius 1 is 1.09 bits per heavy atom. The summed E-state index contributed by atoms with van der Waals surface area (Å²) in [5, 5.41) is 3.96. The number of para-hydroxylation sites is 1. The third kappa shape index (κ3) is 3.31. The van der Waals surface area contributed by atoms with Crippen molar-refractivity contribution < 1.29 is 4.79 Å². The molecule has 0 saturated carbocycles. The number of amides is 1. The van der Waals surface area contributed by atoms with Crippen LogP contribution in [0.1, 0.15) is 24.8 Å². The monoisotopic (exact) mass is 290 g/mol. The molecule has 0 radical (unpaired) electrons. The second-order valence-corrected chi connectivity index (χ2v) is 5.48. The van der Waals surface area contributed by atoms with Gasteiger partial charge in [0.05, 0.1) is 17.4 Å². The van der Waals surface area contributed by atoms with Crippen LogP contribution in [0.5, 0.6) is 0 Å². The second kappa shape index (κ2) is 6.39. The summed E-state index contributed by atoms with van der Waals surface area (Å²) in [5.74, 6) is 0.197. The van der Waals surface area contributed by atoms with E-state index in [4.69, 9.17) is 0 Å². The lowest BCUT2D eigenvalue weighted by Gasteiger charge is -2.12. The van der Waals surface area contributed by atoms with E-state index >= 15 is 0 Å². The molecule has 22 heavy (non-hydrogen) atoms. The van der Waals surface area contributed by atoms with Gasteiger partial charge in [0.25, 0.3) is 0 Å². The van der Waals surface area contributed by atoms with Gasteiger partial charge in [-0.1, -0.05) is 55.5 Å². The Morgan fingerprint density at radius 3 is 2.64 bits per heavy atom. The van der Waals surface area contributed by atoms with Crippen molar-refractivity contribution in [3.8, 4) is 0 Å². The van der Waals surface area contributed by atoms with Crippen molar-refractivity contribution in [2.24, 2.45) is 0 Å². The number of aromatic nitrogens is 1. The maximum atomic E-state index is 12.2. The summed E-state index contributed by atoms with van der Waals surface area (Å²) in [6.45, 7) is 2.06. The third-order valence-corrected chi connectivity index (χ3v) is 3.73. The molecule has 0 bridgehead atoms. The molecular weight excluding hydrogens is 272 g/mol. The molecule has 0 aliphatic carbocycles. The number of carbonyl (C=O) groups is 1. The number of hydrogen-bond acceptors (Lipinski definition) is 2. The van der Waals surface area contributed by atoms with Gasteiger partial charge < -0.3 is 5.32 Å². The Hall–Kier alpha value is -2.68. The Bertz CT molecular complexity index is 784. The van der Waals surface area contributed by atoms with Crippen molar-refractivity contribution >= 4 is 22.5 Å². The number of nitrogens with zero attached hydrogens (tertiary/aromatic N) is 1. The molecule has 1 heterocycles. The SMILES string of the molecule is C[C@@H](CC(=O)Nc1cnc2ccccc2c1)c1ccccc1. The quantitative estimate of drug-likeness (QED) is 0.775. The minimum absolute atomic E-state index is 0.00781. The summed E-state index contributed by atoms with van der Waals surface area (Å²) in [5.41, 5.74) is 2.84. The number of anilines is 1. The summed E-state index contributed by atoms with van der Waals surface area (Å²) < 4.78 is 0. The molecule has 0 saturated heterocycles. The molecule has 0 fully saturated rings. The molecule has 1 N–H and O–H groups in total. The van der Waals surface area contributed by atoms with E-state index in [9.17, 15) is 4.79 Å². The molecule has 1 amide bonds. The van der Waals surface area contributed by atoms with Gasteiger partial charge >= 0.3 is 0 Å². The van der Waals surface area contributed by atoms with Crippen LogP contribution in [0.25, 0.3) is 10.9 Å². The molecular formula is C19H18N2O. The smallest absolute Gasteiger partial charge is 0.225 e. The number of benzene rings is 2. The molecule has 0 unspecified atom stereocenters. The fourth-order valence-corrected chi connectivity index (χ4v) is 2.53. The van der Waals surface area contributed by atoms with Gasteiger partial charge in [-0.15, -0.1) is 0 Å². The van der Waals surface area contributed by atoms with Crippen LogP contribution >= 0.6 is 0 Å². The summed E-state index contributed by atoms with van der Waals surface area (Å²) >= 11 is 0. The van der Waals surface area contributed by atoms with Gasteiger partial charge in [-0.2, -0.15) is 0 Å². The van der Waals surface area contributed by atoms with Gasteiger partial charge in [-0.05, 0) is 23.6 Å². The Kier molecular flexibility index (Phi) is 4.15. The summed E-state index contributed by atoms with van der Waals surface area (Å²) in [4.78, 5) is 16.6. The first-order valence-electron chi connectivity index (χ1n) is 7.42. The first kappa shape index (κ1) is 14.3. The Labute approximate surface area is 130 Å². The third-order valence-electron chi connectivity index (χ3n) is 3.73. The molecule has 3 heteroatoms. The van der Waals surface area contributed by atoms with Crippen LogP contribution in [0, 0.1) is 0 Å². The highest BCUT2D eigenvalue weighted by Gasteiger charge is 2.11. The molecule has 0 aliphatic rings. The van der Waals surface area contributed by atoms with Crippen LogP contribution in [-0.4, -0.2) is 10.9 Å². The maximum Gasteiger partial charge on any atom is 0.225 e. The highest BCUT2D eigenvalue weighted by atomic mass is 16.1. The maximum absolute atomic E-state index is 12.2. The van der Waals surface area contributed by atoms with Crippen LogP contribution in [0.3, 0.4) is 0 Å². The molecule has 3 nitrogen and oxygen atoms in total. The molecule has 0 aliphatic heterocycles. The zero-order valence-corrected chi connectivity index (χ0v) is 12.5. The molecule has 2 aromatic carbocycles. The van der Waals surface area contributed by atoms with Crippen LogP contribution < -0.4 is 5.32 Å². The van der Waals surface area contributed by atoms with Gasteiger partial charge in [0.15, 0.2) is 0 Å². The van der Waals surface area contributed by atoms with E-state index in [2.05, 4.69) is 29.4 Å². The topological polar surface area (TPSA) is 42.0 Å². The normalized spacial score (nSPS) is 12.0. The minimum Gasteiger partial charge on any atom is -0.325 e. The first-order chi connectivity index (χ1) is 10.7. The Morgan fingerprint density at radius 2 is 1.82 bits per heavy atom. The van der Waals surface area contributed by atoms with Crippen LogP contribution in [0.4, 0.5) is 5.69 Å². The standard InChI is InChI=1S/C19H18N2O/c1-14(15-7-3-2-4-8-15)11-19(22)21-17-12-16-9-5-6-10-18(16)20-13-17/h2-10,12-14H,11H2,1H3,(H,21,22)/t14-/m0/s1. The van der Waals surface area contributed by atoms with Crippen LogP contribution in [0.15, 0.2) is 66.9 Å². The number of rotatable bonds is 4.